The number of carbonyl (C=O) groups is 3. The number of aryl methyl sites for hydroxylation is 2. The molecular formula is C32H35NO5S. The van der Waals surface area contributed by atoms with Gasteiger partial charge in [-0.05, 0) is 81.8 Å². The van der Waals surface area contributed by atoms with Crippen LogP contribution in [0.4, 0.5) is 4.79 Å². The van der Waals surface area contributed by atoms with E-state index in [2.05, 4.69) is 0 Å². The van der Waals surface area contributed by atoms with Crippen molar-refractivity contribution in [2.24, 2.45) is 5.92 Å². The zero-order valence-electron chi connectivity index (χ0n) is 23.3. The molecule has 3 aromatic carbocycles. The Kier molecular flexibility index (Phi) is 8.50. The summed E-state index contributed by atoms with van der Waals surface area (Å²) in [5.41, 5.74) is 2.37. The maximum atomic E-state index is 13.8. The fraction of sp³-hybridized carbons (Fsp3) is 0.344. The second kappa shape index (κ2) is 11.7. The third kappa shape index (κ3) is 6.36. The summed E-state index contributed by atoms with van der Waals surface area (Å²) in [4.78, 5) is 41.7. The van der Waals surface area contributed by atoms with E-state index >= 15 is 0 Å². The van der Waals surface area contributed by atoms with Crippen LogP contribution in [0.5, 0.6) is 11.5 Å². The van der Waals surface area contributed by atoms with Crippen LogP contribution in [-0.2, 0) is 4.79 Å². The number of nitrogens with zero attached hydrogens (tertiary/aromatic N) is 1. The summed E-state index contributed by atoms with van der Waals surface area (Å²) in [7, 11) is 0. The van der Waals surface area contributed by atoms with Crippen molar-refractivity contribution in [1.29, 1.82) is 0 Å². The largest absolute Gasteiger partial charge is 0.480 e. The lowest BCUT2D eigenvalue weighted by Crippen LogP contribution is -2.36. The van der Waals surface area contributed by atoms with E-state index in [1.165, 1.54) is 6.92 Å². The summed E-state index contributed by atoms with van der Waals surface area (Å²) < 4.78 is 11.7. The average molecular weight is 546 g/mol. The van der Waals surface area contributed by atoms with Crippen molar-refractivity contribution < 1.29 is 23.9 Å². The molecule has 0 aromatic heterocycles. The molecule has 1 amide bonds. The highest BCUT2D eigenvalue weighted by molar-refractivity contribution is 7.98. The Labute approximate surface area is 234 Å². The normalized spacial score (nSPS) is 17.1. The zero-order chi connectivity index (χ0) is 28.3. The molecule has 3 aromatic rings. The summed E-state index contributed by atoms with van der Waals surface area (Å²) in [5, 5.41) is 0. The van der Waals surface area contributed by atoms with Crippen LogP contribution in [0.25, 0.3) is 0 Å². The van der Waals surface area contributed by atoms with E-state index in [-0.39, 0.29) is 24.0 Å². The Morgan fingerprint density at radius 1 is 0.923 bits per heavy atom. The molecule has 1 aliphatic rings. The standard InChI is InChI=1S/C32H35NO5S/c1-20-16-24(17-21(2)30(20)38-32(4,5)22(3)34)27-18-33(31(36)37-25-10-8-7-9-11-25)19-28(27)29(35)23-12-14-26(39-6)15-13-23/h7-17,27-28H,18-19H2,1-6H3/t27-,28+/m0/s1. The van der Waals surface area contributed by atoms with Crippen LogP contribution >= 0.6 is 11.8 Å². The number of ketones is 2. The molecule has 0 spiro atoms. The van der Waals surface area contributed by atoms with Gasteiger partial charge in [0.1, 0.15) is 11.5 Å². The Morgan fingerprint density at radius 2 is 1.54 bits per heavy atom. The number of benzene rings is 3. The van der Waals surface area contributed by atoms with Crippen LogP contribution in [0.1, 0.15) is 53.7 Å². The van der Waals surface area contributed by atoms with Gasteiger partial charge in [0.15, 0.2) is 17.2 Å². The predicted octanol–water partition coefficient (Wildman–Crippen LogP) is 6.87. The number of thioether (sulfide) groups is 1. The quantitative estimate of drug-likeness (QED) is 0.227. The van der Waals surface area contributed by atoms with Gasteiger partial charge in [0.2, 0.25) is 0 Å². The molecule has 4 rings (SSSR count). The molecule has 0 unspecified atom stereocenters. The van der Waals surface area contributed by atoms with E-state index < -0.39 is 17.6 Å². The molecule has 0 radical (unpaired) electrons. The van der Waals surface area contributed by atoms with Gasteiger partial charge in [-0.2, -0.15) is 0 Å². The van der Waals surface area contributed by atoms with E-state index in [0.29, 0.717) is 23.6 Å². The molecule has 39 heavy (non-hydrogen) atoms. The van der Waals surface area contributed by atoms with Crippen LogP contribution < -0.4 is 9.47 Å². The molecular weight excluding hydrogens is 510 g/mol. The highest BCUT2D eigenvalue weighted by Crippen LogP contribution is 2.39. The Bertz CT molecular complexity index is 1340. The lowest BCUT2D eigenvalue weighted by Gasteiger charge is -2.27. The number of carbonyl (C=O) groups excluding carboxylic acids is 3. The maximum Gasteiger partial charge on any atom is 0.415 e. The molecule has 0 saturated carbocycles. The van der Waals surface area contributed by atoms with Crippen LogP contribution in [0.2, 0.25) is 0 Å². The predicted molar refractivity (Wildman–Crippen MR) is 154 cm³/mol. The molecule has 0 aliphatic carbocycles. The minimum atomic E-state index is -0.955. The van der Waals surface area contributed by atoms with Gasteiger partial charge in [0.05, 0.1) is 0 Å². The first-order chi connectivity index (χ1) is 18.5. The van der Waals surface area contributed by atoms with Crippen molar-refractivity contribution in [3.05, 3.63) is 89.0 Å². The van der Waals surface area contributed by atoms with Gasteiger partial charge in [0.25, 0.3) is 0 Å². The minimum absolute atomic E-state index is 0.00369. The van der Waals surface area contributed by atoms with Crippen molar-refractivity contribution in [2.45, 2.75) is 51.0 Å². The first-order valence-electron chi connectivity index (χ1n) is 13.0. The van der Waals surface area contributed by atoms with Gasteiger partial charge in [-0.3, -0.25) is 9.59 Å². The van der Waals surface area contributed by atoms with Crippen molar-refractivity contribution >= 4 is 29.4 Å². The topological polar surface area (TPSA) is 72.9 Å². The van der Waals surface area contributed by atoms with Crippen molar-refractivity contribution in [2.75, 3.05) is 19.3 Å². The van der Waals surface area contributed by atoms with Crippen molar-refractivity contribution in [3.63, 3.8) is 0 Å². The fourth-order valence-electron chi connectivity index (χ4n) is 4.87. The number of likely N-dealkylation sites (tertiary alicyclic amines) is 1. The van der Waals surface area contributed by atoms with E-state index in [1.54, 1.807) is 42.6 Å². The zero-order valence-corrected chi connectivity index (χ0v) is 24.1. The van der Waals surface area contributed by atoms with Crippen LogP contribution in [0, 0.1) is 19.8 Å². The number of Topliss-reactive ketones (excluding diaryl/α,β-unsaturated/α-hetero) is 2. The molecule has 204 valence electrons. The number of para-hydroxylation sites is 1. The van der Waals surface area contributed by atoms with E-state index in [9.17, 15) is 14.4 Å². The van der Waals surface area contributed by atoms with E-state index in [1.807, 2.05) is 74.7 Å². The average Bonchev–Trinajstić information content (AvgIpc) is 3.36. The van der Waals surface area contributed by atoms with Gasteiger partial charge in [-0.15, -0.1) is 11.8 Å². The number of ether oxygens (including phenoxy) is 2. The minimum Gasteiger partial charge on any atom is -0.480 e. The molecule has 0 N–H and O–H groups in total. The Morgan fingerprint density at radius 3 is 2.10 bits per heavy atom. The lowest BCUT2D eigenvalue weighted by atomic mass is 9.82. The third-order valence-electron chi connectivity index (χ3n) is 7.35. The van der Waals surface area contributed by atoms with Gasteiger partial charge in [-0.1, -0.05) is 42.5 Å². The smallest absolute Gasteiger partial charge is 0.415 e. The highest BCUT2D eigenvalue weighted by atomic mass is 32.2. The monoisotopic (exact) mass is 545 g/mol. The number of rotatable bonds is 8. The van der Waals surface area contributed by atoms with Gasteiger partial charge < -0.3 is 14.4 Å². The summed E-state index contributed by atoms with van der Waals surface area (Å²) >= 11 is 1.62. The third-order valence-corrected chi connectivity index (χ3v) is 8.10. The lowest BCUT2D eigenvalue weighted by molar-refractivity contribution is -0.129. The second-order valence-electron chi connectivity index (χ2n) is 10.5. The number of hydrogen-bond acceptors (Lipinski definition) is 6. The summed E-state index contributed by atoms with van der Waals surface area (Å²) in [6.45, 7) is 9.52. The van der Waals surface area contributed by atoms with Gasteiger partial charge in [-0.25, -0.2) is 4.79 Å². The van der Waals surface area contributed by atoms with Crippen LogP contribution in [-0.4, -0.2) is 47.5 Å². The Balaban J connectivity index is 1.66. The fourth-order valence-corrected chi connectivity index (χ4v) is 5.27. The number of hydrogen-bond donors (Lipinski definition) is 0. The first-order valence-corrected chi connectivity index (χ1v) is 14.2. The summed E-state index contributed by atoms with van der Waals surface area (Å²) in [5.74, 6) is 0.388. The molecule has 2 atom stereocenters. The van der Waals surface area contributed by atoms with Gasteiger partial charge in [0, 0.05) is 35.4 Å². The molecule has 0 bridgehead atoms. The molecule has 1 heterocycles. The summed E-state index contributed by atoms with van der Waals surface area (Å²) in [6.07, 6.45) is 1.52. The molecule has 1 fully saturated rings. The molecule has 1 aliphatic heterocycles. The second-order valence-corrected chi connectivity index (χ2v) is 11.4. The first kappa shape index (κ1) is 28.4. The van der Waals surface area contributed by atoms with E-state index in [4.69, 9.17) is 9.47 Å². The highest BCUT2D eigenvalue weighted by Gasteiger charge is 2.42. The van der Waals surface area contributed by atoms with Crippen LogP contribution in [0.15, 0.2) is 71.6 Å². The SMILES string of the molecule is CSc1ccc(C(=O)[C@@H]2CN(C(=O)Oc3ccccc3)C[C@H]2c2cc(C)c(OC(C)(C)C(C)=O)c(C)c2)cc1. The molecule has 7 heteroatoms. The Hall–Kier alpha value is -3.58. The van der Waals surface area contributed by atoms with Crippen molar-refractivity contribution in [1.82, 2.24) is 4.90 Å². The van der Waals surface area contributed by atoms with Crippen molar-refractivity contribution in [3.8, 4) is 11.5 Å². The molecule has 6 nitrogen and oxygen atoms in total. The van der Waals surface area contributed by atoms with Crippen LogP contribution in [0.3, 0.4) is 0 Å². The van der Waals surface area contributed by atoms with E-state index in [0.717, 1.165) is 21.6 Å². The summed E-state index contributed by atoms with van der Waals surface area (Å²) in [6, 6.07) is 20.5. The van der Waals surface area contributed by atoms with Gasteiger partial charge >= 0.3 is 6.09 Å². The maximum absolute atomic E-state index is 13.8. The molecule has 1 saturated heterocycles. The number of amides is 1.